The van der Waals surface area contributed by atoms with Crippen molar-refractivity contribution in [3.05, 3.63) is 29.8 Å². The minimum Gasteiger partial charge on any atom is -0.294 e. The van der Waals surface area contributed by atoms with Gasteiger partial charge in [0.1, 0.15) is 0 Å². The molecule has 0 fully saturated rings. The molecular weight excluding hydrogens is 236 g/mol. The maximum Gasteiger partial charge on any atom is 0.179 e. The first-order chi connectivity index (χ1) is 7.06. The Bertz CT molecular complexity index is 507. The third-order valence-electron chi connectivity index (χ3n) is 2.47. The van der Waals surface area contributed by atoms with Gasteiger partial charge in [-0.3, -0.25) is 4.79 Å². The first-order valence-corrected chi connectivity index (χ1v) is 6.67. The average Bonchev–Trinajstić information content (AvgIpc) is 2.24. The van der Waals surface area contributed by atoms with E-state index >= 15 is 0 Å². The number of halogens is 1. The number of sulfone groups is 1. The molecule has 0 saturated heterocycles. The lowest BCUT2D eigenvalue weighted by Gasteiger charge is -2.21. The summed E-state index contributed by atoms with van der Waals surface area (Å²) in [6, 6.07) is 6.27. The van der Waals surface area contributed by atoms with Crippen molar-refractivity contribution in [1.29, 1.82) is 0 Å². The Morgan fingerprint density at radius 3 is 2.67 bits per heavy atom. The van der Waals surface area contributed by atoms with Crippen molar-refractivity contribution >= 4 is 27.2 Å². The van der Waals surface area contributed by atoms with E-state index in [4.69, 9.17) is 11.6 Å². The Labute approximate surface area is 93.0 Å². The van der Waals surface area contributed by atoms with Gasteiger partial charge in [-0.1, -0.05) is 18.2 Å². The molecule has 0 amide bonds. The third kappa shape index (κ3) is 1.68. The SMILES string of the molecule is O=C1c2ccccc2S(=O)(=O)CC1CCl. The minimum absolute atomic E-state index is 0.0480. The van der Waals surface area contributed by atoms with Crippen LogP contribution in [0.15, 0.2) is 29.2 Å². The fraction of sp³-hybridized carbons (Fsp3) is 0.300. The molecule has 1 aromatic carbocycles. The fourth-order valence-corrected chi connectivity index (χ4v) is 3.85. The average molecular weight is 245 g/mol. The highest BCUT2D eigenvalue weighted by Crippen LogP contribution is 2.28. The summed E-state index contributed by atoms with van der Waals surface area (Å²) in [6.07, 6.45) is 0. The maximum atomic E-state index is 11.8. The lowest BCUT2D eigenvalue weighted by Crippen LogP contribution is -2.32. The van der Waals surface area contributed by atoms with E-state index in [9.17, 15) is 13.2 Å². The van der Waals surface area contributed by atoms with Crippen LogP contribution in [0.25, 0.3) is 0 Å². The van der Waals surface area contributed by atoms with Crippen LogP contribution in [0.1, 0.15) is 10.4 Å². The fourth-order valence-electron chi connectivity index (χ4n) is 1.71. The summed E-state index contributed by atoms with van der Waals surface area (Å²) in [5, 5.41) is 0. The number of hydrogen-bond donors (Lipinski definition) is 0. The molecule has 0 bridgehead atoms. The van der Waals surface area contributed by atoms with E-state index in [2.05, 4.69) is 0 Å². The number of alkyl halides is 1. The summed E-state index contributed by atoms with van der Waals surface area (Å²) in [6.45, 7) is 0. The van der Waals surface area contributed by atoms with E-state index in [1.807, 2.05) is 0 Å². The van der Waals surface area contributed by atoms with Gasteiger partial charge in [0, 0.05) is 11.4 Å². The highest BCUT2D eigenvalue weighted by atomic mass is 35.5. The van der Waals surface area contributed by atoms with Gasteiger partial charge in [0.05, 0.1) is 16.6 Å². The molecule has 1 aliphatic rings. The van der Waals surface area contributed by atoms with E-state index in [0.717, 1.165) is 0 Å². The smallest absolute Gasteiger partial charge is 0.179 e. The molecule has 1 unspecified atom stereocenters. The van der Waals surface area contributed by atoms with Crippen LogP contribution >= 0.6 is 11.6 Å². The molecule has 15 heavy (non-hydrogen) atoms. The summed E-state index contributed by atoms with van der Waals surface area (Å²) in [5.41, 5.74) is 0.273. The van der Waals surface area contributed by atoms with Crippen molar-refractivity contribution in [1.82, 2.24) is 0 Å². The lowest BCUT2D eigenvalue weighted by molar-refractivity contribution is 0.0935. The van der Waals surface area contributed by atoms with Gasteiger partial charge in [-0.05, 0) is 6.07 Å². The van der Waals surface area contributed by atoms with Crippen LogP contribution in [0.4, 0.5) is 0 Å². The normalized spacial score (nSPS) is 23.5. The molecule has 0 spiro atoms. The quantitative estimate of drug-likeness (QED) is 0.704. The number of Topliss-reactive ketones (excluding diaryl/α,β-unsaturated/α-hetero) is 1. The second-order valence-electron chi connectivity index (χ2n) is 3.49. The van der Waals surface area contributed by atoms with E-state index in [0.29, 0.717) is 0 Å². The number of carbonyl (C=O) groups excluding carboxylic acids is 1. The van der Waals surface area contributed by atoms with Crippen molar-refractivity contribution < 1.29 is 13.2 Å². The summed E-state index contributed by atoms with van der Waals surface area (Å²) < 4.78 is 23.6. The predicted molar refractivity (Wildman–Crippen MR) is 57.0 cm³/mol. The van der Waals surface area contributed by atoms with Gasteiger partial charge >= 0.3 is 0 Å². The molecule has 1 aliphatic heterocycles. The topological polar surface area (TPSA) is 51.2 Å². The Morgan fingerprint density at radius 2 is 2.00 bits per heavy atom. The van der Waals surface area contributed by atoms with Crippen molar-refractivity contribution in [2.45, 2.75) is 4.90 Å². The lowest BCUT2D eigenvalue weighted by atomic mass is 10.0. The standard InChI is InChI=1S/C10H9ClO3S/c11-5-7-6-15(13,14)9-4-2-1-3-8(9)10(7)12/h1-4,7H,5-6H2. The number of hydrogen-bond acceptors (Lipinski definition) is 3. The second kappa shape index (κ2) is 3.61. The Hall–Kier alpha value is -0.870. The zero-order valence-corrected chi connectivity index (χ0v) is 9.38. The van der Waals surface area contributed by atoms with Crippen LogP contribution in [-0.4, -0.2) is 25.8 Å². The van der Waals surface area contributed by atoms with E-state index in [1.54, 1.807) is 12.1 Å². The number of ketones is 1. The van der Waals surface area contributed by atoms with E-state index in [-0.39, 0.29) is 27.9 Å². The van der Waals surface area contributed by atoms with Gasteiger partial charge in [-0.25, -0.2) is 8.42 Å². The molecule has 2 rings (SSSR count). The number of rotatable bonds is 1. The number of carbonyl (C=O) groups is 1. The van der Waals surface area contributed by atoms with Gasteiger partial charge < -0.3 is 0 Å². The van der Waals surface area contributed by atoms with Gasteiger partial charge in [0.15, 0.2) is 15.6 Å². The van der Waals surface area contributed by atoms with Gasteiger partial charge in [-0.2, -0.15) is 0 Å². The van der Waals surface area contributed by atoms with Crippen LogP contribution < -0.4 is 0 Å². The molecule has 0 aliphatic carbocycles. The van der Waals surface area contributed by atoms with Gasteiger partial charge in [0.25, 0.3) is 0 Å². The molecule has 80 valence electrons. The summed E-state index contributed by atoms with van der Waals surface area (Å²) in [7, 11) is -3.34. The largest absolute Gasteiger partial charge is 0.294 e. The highest BCUT2D eigenvalue weighted by molar-refractivity contribution is 7.91. The highest BCUT2D eigenvalue weighted by Gasteiger charge is 2.35. The predicted octanol–water partition coefficient (Wildman–Crippen LogP) is 1.51. The van der Waals surface area contributed by atoms with Crippen LogP contribution in [0.2, 0.25) is 0 Å². The molecule has 0 saturated carbocycles. The molecule has 0 N–H and O–H groups in total. The molecule has 1 heterocycles. The van der Waals surface area contributed by atoms with Crippen LogP contribution in [-0.2, 0) is 9.84 Å². The summed E-state index contributed by atoms with van der Waals surface area (Å²) >= 11 is 5.58. The zero-order chi connectivity index (χ0) is 11.1. The first-order valence-electron chi connectivity index (χ1n) is 4.48. The molecular formula is C10H9ClO3S. The van der Waals surface area contributed by atoms with Gasteiger partial charge in [0.2, 0.25) is 0 Å². The molecule has 3 nitrogen and oxygen atoms in total. The van der Waals surface area contributed by atoms with E-state index < -0.39 is 15.8 Å². The van der Waals surface area contributed by atoms with Crippen LogP contribution in [0.5, 0.6) is 0 Å². The van der Waals surface area contributed by atoms with Crippen molar-refractivity contribution in [3.63, 3.8) is 0 Å². The van der Waals surface area contributed by atoms with Crippen molar-refractivity contribution in [2.24, 2.45) is 5.92 Å². The monoisotopic (exact) mass is 244 g/mol. The molecule has 0 radical (unpaired) electrons. The van der Waals surface area contributed by atoms with Gasteiger partial charge in [-0.15, -0.1) is 11.6 Å². The second-order valence-corrected chi connectivity index (χ2v) is 5.80. The first kappa shape index (κ1) is 10.6. The third-order valence-corrected chi connectivity index (χ3v) is 4.71. The molecule has 1 atom stereocenters. The zero-order valence-electron chi connectivity index (χ0n) is 7.81. The number of fused-ring (bicyclic) bond motifs is 1. The summed E-state index contributed by atoms with van der Waals surface area (Å²) in [4.78, 5) is 11.9. The van der Waals surface area contributed by atoms with Crippen LogP contribution in [0, 0.1) is 5.92 Å². The Morgan fingerprint density at radius 1 is 1.33 bits per heavy atom. The Kier molecular flexibility index (Phi) is 2.56. The number of benzene rings is 1. The van der Waals surface area contributed by atoms with Crippen molar-refractivity contribution in [2.75, 3.05) is 11.6 Å². The van der Waals surface area contributed by atoms with E-state index in [1.165, 1.54) is 12.1 Å². The Balaban J connectivity index is 2.66. The minimum atomic E-state index is -3.34. The summed E-state index contributed by atoms with van der Waals surface area (Å²) in [5.74, 6) is -0.902. The maximum absolute atomic E-state index is 11.8. The molecule has 1 aromatic rings. The molecule has 5 heteroatoms. The van der Waals surface area contributed by atoms with Crippen molar-refractivity contribution in [3.8, 4) is 0 Å². The molecule has 0 aromatic heterocycles. The van der Waals surface area contributed by atoms with Crippen LogP contribution in [0.3, 0.4) is 0 Å².